The molecule has 0 radical (unpaired) electrons. The maximum Gasteiger partial charge on any atom is 0.325 e. The highest BCUT2D eigenvalue weighted by Crippen LogP contribution is 2.30. The number of rotatable bonds is 7. The van der Waals surface area contributed by atoms with E-state index in [1.165, 1.54) is 0 Å². The van der Waals surface area contributed by atoms with Crippen molar-refractivity contribution in [3.8, 4) is 16.9 Å². The standard InChI is InChI=1S/C22H25N5O2/c1-23-15-21(17-4-3-5-20(12-17)29-2)27-11-10-26(22(27)28)19-8-6-16(7-9-19)18-13-24-25-14-18/h3-9,12-14,21,23H,10-11,15H2,1-2H3,(H,24,25). The zero-order valence-electron chi connectivity index (χ0n) is 16.6. The molecule has 0 bridgehead atoms. The van der Waals surface area contributed by atoms with Gasteiger partial charge in [0.25, 0.3) is 0 Å². The van der Waals surface area contributed by atoms with Crippen LogP contribution in [0.5, 0.6) is 5.75 Å². The average Bonchev–Trinajstić information content (AvgIpc) is 3.43. The fourth-order valence-electron chi connectivity index (χ4n) is 3.78. The van der Waals surface area contributed by atoms with E-state index in [0.29, 0.717) is 19.6 Å². The number of benzene rings is 2. The van der Waals surface area contributed by atoms with Crippen LogP contribution in [-0.4, -0.2) is 54.9 Å². The van der Waals surface area contributed by atoms with Crippen molar-refractivity contribution >= 4 is 11.7 Å². The molecule has 2 N–H and O–H groups in total. The van der Waals surface area contributed by atoms with Gasteiger partial charge in [0.1, 0.15) is 5.75 Å². The number of nitrogens with zero attached hydrogens (tertiary/aromatic N) is 3. The van der Waals surface area contributed by atoms with Crippen molar-refractivity contribution in [2.75, 3.05) is 38.7 Å². The van der Waals surface area contributed by atoms with Crippen molar-refractivity contribution in [1.82, 2.24) is 20.4 Å². The van der Waals surface area contributed by atoms with Crippen molar-refractivity contribution in [2.24, 2.45) is 0 Å². The minimum atomic E-state index is -0.0576. The lowest BCUT2D eigenvalue weighted by atomic mass is 10.1. The minimum Gasteiger partial charge on any atom is -0.497 e. The molecule has 4 rings (SSSR count). The molecule has 0 spiro atoms. The largest absolute Gasteiger partial charge is 0.497 e. The van der Waals surface area contributed by atoms with Gasteiger partial charge < -0.3 is 15.0 Å². The summed E-state index contributed by atoms with van der Waals surface area (Å²) in [5.41, 5.74) is 4.05. The summed E-state index contributed by atoms with van der Waals surface area (Å²) in [6.07, 6.45) is 3.64. The van der Waals surface area contributed by atoms with Gasteiger partial charge in [-0.3, -0.25) is 10.00 Å². The molecule has 1 fully saturated rings. The van der Waals surface area contributed by atoms with Crippen LogP contribution in [0.15, 0.2) is 60.9 Å². The lowest BCUT2D eigenvalue weighted by molar-refractivity contribution is 0.200. The number of H-pyrrole nitrogens is 1. The van der Waals surface area contributed by atoms with Crippen molar-refractivity contribution in [3.05, 3.63) is 66.5 Å². The van der Waals surface area contributed by atoms with Gasteiger partial charge in [-0.25, -0.2) is 4.79 Å². The van der Waals surface area contributed by atoms with E-state index in [0.717, 1.165) is 28.1 Å². The molecule has 2 aromatic carbocycles. The number of hydrogen-bond donors (Lipinski definition) is 2. The Hall–Kier alpha value is -3.32. The highest BCUT2D eigenvalue weighted by molar-refractivity contribution is 5.94. The SMILES string of the molecule is CNCC(c1cccc(OC)c1)N1CCN(c2ccc(-c3cn[nH]c3)cc2)C1=O. The maximum atomic E-state index is 13.2. The molecule has 7 nitrogen and oxygen atoms in total. The molecule has 1 aliphatic rings. The fourth-order valence-corrected chi connectivity index (χ4v) is 3.78. The number of methoxy groups -OCH3 is 1. The summed E-state index contributed by atoms with van der Waals surface area (Å²) in [5, 5.41) is 10.0. The van der Waals surface area contributed by atoms with E-state index < -0.39 is 0 Å². The Labute approximate surface area is 170 Å². The summed E-state index contributed by atoms with van der Waals surface area (Å²) < 4.78 is 5.36. The second-order valence-electron chi connectivity index (χ2n) is 7.01. The Balaban J connectivity index is 1.55. The van der Waals surface area contributed by atoms with Gasteiger partial charge >= 0.3 is 6.03 Å². The Morgan fingerprint density at radius 3 is 2.69 bits per heavy atom. The fraction of sp³-hybridized carbons (Fsp3) is 0.273. The molecule has 3 aromatic rings. The van der Waals surface area contributed by atoms with Gasteiger partial charge in [0.2, 0.25) is 0 Å². The molecule has 2 heterocycles. The molecule has 0 aliphatic carbocycles. The lowest BCUT2D eigenvalue weighted by Gasteiger charge is -2.28. The van der Waals surface area contributed by atoms with Gasteiger partial charge in [0, 0.05) is 37.1 Å². The summed E-state index contributed by atoms with van der Waals surface area (Å²) in [6.45, 7) is 2.01. The quantitative estimate of drug-likeness (QED) is 0.648. The zero-order valence-corrected chi connectivity index (χ0v) is 16.6. The molecular formula is C22H25N5O2. The first-order valence-corrected chi connectivity index (χ1v) is 9.67. The number of carbonyl (C=O) groups excluding carboxylic acids is 1. The lowest BCUT2D eigenvalue weighted by Crippen LogP contribution is -2.38. The first kappa shape index (κ1) is 19.0. The minimum absolute atomic E-state index is 0.0177. The van der Waals surface area contributed by atoms with E-state index in [2.05, 4.69) is 15.5 Å². The monoisotopic (exact) mass is 391 g/mol. The molecule has 7 heteroatoms. The summed E-state index contributed by atoms with van der Waals surface area (Å²) >= 11 is 0. The number of amides is 2. The number of anilines is 1. The molecule has 150 valence electrons. The Kier molecular flexibility index (Phi) is 5.48. The highest BCUT2D eigenvalue weighted by atomic mass is 16.5. The summed E-state index contributed by atoms with van der Waals surface area (Å²) in [6, 6.07) is 15.9. The van der Waals surface area contributed by atoms with Crippen molar-refractivity contribution < 1.29 is 9.53 Å². The van der Waals surface area contributed by atoms with Gasteiger partial charge in [-0.2, -0.15) is 5.10 Å². The highest BCUT2D eigenvalue weighted by Gasteiger charge is 2.35. The third-order valence-electron chi connectivity index (χ3n) is 5.30. The topological polar surface area (TPSA) is 73.5 Å². The van der Waals surface area contributed by atoms with E-state index in [-0.39, 0.29) is 12.1 Å². The van der Waals surface area contributed by atoms with Crippen LogP contribution in [0.4, 0.5) is 10.5 Å². The van der Waals surface area contributed by atoms with Crippen molar-refractivity contribution in [3.63, 3.8) is 0 Å². The summed E-state index contributed by atoms with van der Waals surface area (Å²) in [4.78, 5) is 17.0. The number of urea groups is 1. The molecule has 29 heavy (non-hydrogen) atoms. The van der Waals surface area contributed by atoms with Crippen LogP contribution in [0.1, 0.15) is 11.6 Å². The predicted molar refractivity (Wildman–Crippen MR) is 113 cm³/mol. The molecule has 1 saturated heterocycles. The maximum absolute atomic E-state index is 13.2. The smallest absolute Gasteiger partial charge is 0.325 e. The van der Waals surface area contributed by atoms with E-state index in [9.17, 15) is 4.79 Å². The molecule has 1 aliphatic heterocycles. The Morgan fingerprint density at radius 1 is 1.17 bits per heavy atom. The van der Waals surface area contributed by atoms with E-state index >= 15 is 0 Å². The van der Waals surface area contributed by atoms with E-state index in [4.69, 9.17) is 4.74 Å². The number of aromatic amines is 1. The van der Waals surface area contributed by atoms with Gasteiger partial charge in [-0.1, -0.05) is 24.3 Å². The third kappa shape index (κ3) is 3.82. The van der Waals surface area contributed by atoms with Crippen LogP contribution in [0.25, 0.3) is 11.1 Å². The molecule has 1 aromatic heterocycles. The average molecular weight is 391 g/mol. The normalized spacial score (nSPS) is 15.0. The Bertz CT molecular complexity index is 956. The molecule has 1 unspecified atom stereocenters. The zero-order chi connectivity index (χ0) is 20.2. The summed E-state index contributed by atoms with van der Waals surface area (Å²) in [5.74, 6) is 0.793. The number of nitrogens with one attached hydrogen (secondary N) is 2. The van der Waals surface area contributed by atoms with Crippen molar-refractivity contribution in [1.29, 1.82) is 0 Å². The number of aromatic nitrogens is 2. The second-order valence-corrected chi connectivity index (χ2v) is 7.01. The number of ether oxygens (including phenoxy) is 1. The van der Waals surface area contributed by atoms with Gasteiger partial charge in [-0.15, -0.1) is 0 Å². The molecule has 2 amide bonds. The van der Waals surface area contributed by atoms with Crippen LogP contribution in [0.2, 0.25) is 0 Å². The molecular weight excluding hydrogens is 366 g/mol. The van der Waals surface area contributed by atoms with Gasteiger partial charge in [-0.05, 0) is 42.4 Å². The third-order valence-corrected chi connectivity index (χ3v) is 5.30. The van der Waals surface area contributed by atoms with Crippen LogP contribution >= 0.6 is 0 Å². The first-order valence-electron chi connectivity index (χ1n) is 9.67. The van der Waals surface area contributed by atoms with Gasteiger partial charge in [0.15, 0.2) is 0 Å². The molecule has 0 saturated carbocycles. The number of carbonyl (C=O) groups is 1. The van der Waals surface area contributed by atoms with Crippen LogP contribution < -0.4 is 15.0 Å². The van der Waals surface area contributed by atoms with Crippen LogP contribution in [-0.2, 0) is 0 Å². The number of hydrogen-bond acceptors (Lipinski definition) is 4. The van der Waals surface area contributed by atoms with E-state index in [1.807, 2.05) is 71.6 Å². The predicted octanol–water partition coefficient (Wildman–Crippen LogP) is 3.29. The summed E-state index contributed by atoms with van der Waals surface area (Å²) in [7, 11) is 3.56. The van der Waals surface area contributed by atoms with Crippen LogP contribution in [0, 0.1) is 0 Å². The van der Waals surface area contributed by atoms with Crippen molar-refractivity contribution in [2.45, 2.75) is 6.04 Å². The van der Waals surface area contributed by atoms with Gasteiger partial charge in [0.05, 0.1) is 19.3 Å². The second kappa shape index (κ2) is 8.36. The van der Waals surface area contributed by atoms with Crippen LogP contribution in [0.3, 0.4) is 0 Å². The van der Waals surface area contributed by atoms with E-state index in [1.54, 1.807) is 13.3 Å². The first-order chi connectivity index (χ1) is 14.2. The Morgan fingerprint density at radius 2 is 2.00 bits per heavy atom. The number of likely N-dealkylation sites (N-methyl/N-ethyl adjacent to an activating group) is 1. The molecule has 1 atom stereocenters.